The summed E-state index contributed by atoms with van der Waals surface area (Å²) < 4.78 is 5.71. The minimum atomic E-state index is -0.0468. The van der Waals surface area contributed by atoms with E-state index in [0.29, 0.717) is 5.56 Å². The van der Waals surface area contributed by atoms with Crippen molar-refractivity contribution in [3.8, 4) is 0 Å². The van der Waals surface area contributed by atoms with E-state index in [1.54, 1.807) is 6.20 Å². The van der Waals surface area contributed by atoms with Crippen LogP contribution in [0.1, 0.15) is 36.8 Å². The second-order valence-electron chi connectivity index (χ2n) is 4.98. The van der Waals surface area contributed by atoms with Gasteiger partial charge in [0.15, 0.2) is 5.78 Å². The monoisotopic (exact) mass is 233 g/mol. The van der Waals surface area contributed by atoms with Crippen molar-refractivity contribution in [3.05, 3.63) is 29.6 Å². The van der Waals surface area contributed by atoms with Crippen LogP contribution in [-0.4, -0.2) is 23.0 Å². The fourth-order valence-corrected chi connectivity index (χ4v) is 2.52. The van der Waals surface area contributed by atoms with Gasteiger partial charge in [-0.05, 0) is 38.8 Å². The molecule has 0 amide bonds. The number of hydrogen-bond acceptors (Lipinski definition) is 3. The zero-order valence-electron chi connectivity index (χ0n) is 10.8. The SMILES string of the molecule is Cc1ccc(C(=O)C2C(C)OC(C)C2C)cn1. The van der Waals surface area contributed by atoms with Crippen LogP contribution in [0.25, 0.3) is 0 Å². The van der Waals surface area contributed by atoms with E-state index < -0.39 is 0 Å². The molecule has 1 aromatic rings. The van der Waals surface area contributed by atoms with Crippen molar-refractivity contribution in [1.29, 1.82) is 0 Å². The molecule has 1 saturated heterocycles. The standard InChI is InChI=1S/C14H19NO2/c1-8-5-6-12(7-15-8)14(16)13-9(2)10(3)17-11(13)4/h5-7,9-11,13H,1-4H3. The van der Waals surface area contributed by atoms with Crippen LogP contribution >= 0.6 is 0 Å². The molecule has 0 N–H and O–H groups in total. The highest BCUT2D eigenvalue weighted by Crippen LogP contribution is 2.34. The first-order valence-corrected chi connectivity index (χ1v) is 6.13. The highest BCUT2D eigenvalue weighted by molar-refractivity contribution is 5.98. The number of rotatable bonds is 2. The van der Waals surface area contributed by atoms with E-state index in [4.69, 9.17) is 4.74 Å². The van der Waals surface area contributed by atoms with Crippen LogP contribution in [0.15, 0.2) is 18.3 Å². The Labute approximate surface area is 102 Å². The van der Waals surface area contributed by atoms with Crippen LogP contribution in [0.2, 0.25) is 0 Å². The maximum atomic E-state index is 12.4. The van der Waals surface area contributed by atoms with Crippen molar-refractivity contribution < 1.29 is 9.53 Å². The van der Waals surface area contributed by atoms with Gasteiger partial charge in [-0.3, -0.25) is 9.78 Å². The molecule has 0 aliphatic carbocycles. The van der Waals surface area contributed by atoms with Gasteiger partial charge in [-0.15, -0.1) is 0 Å². The lowest BCUT2D eigenvalue weighted by molar-refractivity contribution is 0.0491. The van der Waals surface area contributed by atoms with Gasteiger partial charge in [0.1, 0.15) is 0 Å². The molecule has 1 fully saturated rings. The highest BCUT2D eigenvalue weighted by atomic mass is 16.5. The van der Waals surface area contributed by atoms with Crippen LogP contribution in [-0.2, 0) is 4.74 Å². The molecule has 17 heavy (non-hydrogen) atoms. The van der Waals surface area contributed by atoms with Gasteiger partial charge in [-0.1, -0.05) is 6.92 Å². The first-order valence-electron chi connectivity index (χ1n) is 6.13. The molecule has 0 bridgehead atoms. The molecular weight excluding hydrogens is 214 g/mol. The predicted molar refractivity (Wildman–Crippen MR) is 66.0 cm³/mol. The molecule has 4 unspecified atom stereocenters. The molecule has 2 rings (SSSR count). The minimum absolute atomic E-state index is 0.00574. The summed E-state index contributed by atoms with van der Waals surface area (Å²) >= 11 is 0. The lowest BCUT2D eigenvalue weighted by Crippen LogP contribution is -2.26. The number of hydrogen-bond donors (Lipinski definition) is 0. The number of ether oxygens (including phenoxy) is 1. The van der Waals surface area contributed by atoms with E-state index in [1.807, 2.05) is 32.9 Å². The molecule has 0 saturated carbocycles. The number of carbonyl (C=O) groups is 1. The quantitative estimate of drug-likeness (QED) is 0.737. The summed E-state index contributed by atoms with van der Waals surface area (Å²) in [6.07, 6.45) is 1.81. The summed E-state index contributed by atoms with van der Waals surface area (Å²) in [6, 6.07) is 3.73. The highest BCUT2D eigenvalue weighted by Gasteiger charge is 2.41. The molecule has 0 radical (unpaired) electrons. The summed E-state index contributed by atoms with van der Waals surface area (Å²) in [7, 11) is 0. The number of carbonyl (C=O) groups excluding carboxylic acids is 1. The summed E-state index contributed by atoms with van der Waals surface area (Å²) in [5, 5.41) is 0. The Morgan fingerprint density at radius 3 is 2.41 bits per heavy atom. The van der Waals surface area contributed by atoms with E-state index >= 15 is 0 Å². The average molecular weight is 233 g/mol. The molecule has 1 aliphatic heterocycles. The topological polar surface area (TPSA) is 39.2 Å². The van der Waals surface area contributed by atoms with Gasteiger partial charge in [-0.25, -0.2) is 0 Å². The van der Waals surface area contributed by atoms with E-state index in [2.05, 4.69) is 11.9 Å². The minimum Gasteiger partial charge on any atom is -0.374 e. The number of ketones is 1. The Bertz CT molecular complexity index is 413. The van der Waals surface area contributed by atoms with Crippen molar-refractivity contribution in [2.45, 2.75) is 39.9 Å². The van der Waals surface area contributed by atoms with Crippen molar-refractivity contribution in [3.63, 3.8) is 0 Å². The number of Topliss-reactive ketones (excluding diaryl/α,β-unsaturated/α-hetero) is 1. The first-order chi connectivity index (χ1) is 8.00. The maximum absolute atomic E-state index is 12.4. The van der Waals surface area contributed by atoms with Gasteiger partial charge >= 0.3 is 0 Å². The Hall–Kier alpha value is -1.22. The number of pyridine rings is 1. The Balaban J connectivity index is 2.23. The molecule has 3 nitrogen and oxygen atoms in total. The van der Waals surface area contributed by atoms with E-state index in [0.717, 1.165) is 5.69 Å². The maximum Gasteiger partial charge on any atom is 0.170 e. The van der Waals surface area contributed by atoms with Gasteiger partial charge < -0.3 is 4.74 Å². The van der Waals surface area contributed by atoms with Crippen LogP contribution in [0.4, 0.5) is 0 Å². The molecular formula is C14H19NO2. The number of nitrogens with zero attached hydrogens (tertiary/aromatic N) is 1. The molecule has 1 aliphatic rings. The predicted octanol–water partition coefficient (Wildman–Crippen LogP) is 2.63. The first kappa shape index (κ1) is 12.2. The fourth-order valence-electron chi connectivity index (χ4n) is 2.52. The van der Waals surface area contributed by atoms with Crippen LogP contribution in [0, 0.1) is 18.8 Å². The largest absolute Gasteiger partial charge is 0.374 e. The van der Waals surface area contributed by atoms with Crippen molar-refractivity contribution >= 4 is 5.78 Å². The molecule has 1 aromatic heterocycles. The van der Waals surface area contributed by atoms with Crippen molar-refractivity contribution in [1.82, 2.24) is 4.98 Å². The fraction of sp³-hybridized carbons (Fsp3) is 0.571. The van der Waals surface area contributed by atoms with E-state index in [-0.39, 0.29) is 29.8 Å². The van der Waals surface area contributed by atoms with Crippen LogP contribution in [0.3, 0.4) is 0 Å². The second kappa shape index (κ2) is 4.57. The third-order valence-corrected chi connectivity index (χ3v) is 3.74. The Morgan fingerprint density at radius 2 is 1.94 bits per heavy atom. The van der Waals surface area contributed by atoms with Crippen LogP contribution < -0.4 is 0 Å². The summed E-state index contributed by atoms with van der Waals surface area (Å²) in [5.74, 6) is 0.371. The number of aromatic nitrogens is 1. The molecule has 3 heteroatoms. The van der Waals surface area contributed by atoms with Gasteiger partial charge in [0.25, 0.3) is 0 Å². The van der Waals surface area contributed by atoms with Crippen molar-refractivity contribution in [2.75, 3.05) is 0 Å². The van der Waals surface area contributed by atoms with Gasteiger partial charge in [0.2, 0.25) is 0 Å². The zero-order chi connectivity index (χ0) is 12.6. The summed E-state index contributed by atoms with van der Waals surface area (Å²) in [4.78, 5) is 16.6. The van der Waals surface area contributed by atoms with Gasteiger partial charge in [0.05, 0.1) is 18.1 Å². The lowest BCUT2D eigenvalue weighted by Gasteiger charge is -2.16. The Morgan fingerprint density at radius 1 is 1.24 bits per heavy atom. The third kappa shape index (κ3) is 2.25. The van der Waals surface area contributed by atoms with Crippen LogP contribution in [0.5, 0.6) is 0 Å². The van der Waals surface area contributed by atoms with E-state index in [1.165, 1.54) is 0 Å². The molecule has 0 aromatic carbocycles. The van der Waals surface area contributed by atoms with Gasteiger partial charge in [0, 0.05) is 17.5 Å². The summed E-state index contributed by atoms with van der Waals surface area (Å²) in [6.45, 7) is 8.00. The molecule has 2 heterocycles. The molecule has 0 spiro atoms. The average Bonchev–Trinajstić information content (AvgIpc) is 2.53. The number of aryl methyl sites for hydroxylation is 1. The third-order valence-electron chi connectivity index (χ3n) is 3.74. The van der Waals surface area contributed by atoms with Gasteiger partial charge in [-0.2, -0.15) is 0 Å². The van der Waals surface area contributed by atoms with Crippen molar-refractivity contribution in [2.24, 2.45) is 11.8 Å². The normalized spacial score (nSPS) is 32.7. The second-order valence-corrected chi connectivity index (χ2v) is 4.98. The summed E-state index contributed by atoms with van der Waals surface area (Å²) in [5.41, 5.74) is 1.62. The molecule has 4 atom stereocenters. The lowest BCUT2D eigenvalue weighted by atomic mass is 9.84. The molecule has 92 valence electrons. The Kier molecular flexibility index (Phi) is 3.29. The zero-order valence-corrected chi connectivity index (χ0v) is 10.8. The van der Waals surface area contributed by atoms with E-state index in [9.17, 15) is 4.79 Å². The smallest absolute Gasteiger partial charge is 0.170 e.